The maximum atomic E-state index is 11.1. The first-order chi connectivity index (χ1) is 8.53. The minimum absolute atomic E-state index is 0.0934. The predicted octanol–water partition coefficient (Wildman–Crippen LogP) is 3.03. The lowest BCUT2D eigenvalue weighted by atomic mass is 9.60. The Morgan fingerprint density at radius 2 is 1.89 bits per heavy atom. The monoisotopic (exact) mass is 251 g/mol. The number of hydrogen-bond acceptors (Lipinski definition) is 3. The minimum atomic E-state index is -0.838. The Morgan fingerprint density at radius 3 is 2.44 bits per heavy atom. The number of ether oxygens (including phenoxy) is 1. The average Bonchev–Trinajstić information content (AvgIpc) is 2.39. The van der Waals surface area contributed by atoms with Crippen molar-refractivity contribution in [3.63, 3.8) is 0 Å². The molecule has 1 aliphatic carbocycles. The Bertz CT molecular complexity index is 328. The van der Waals surface area contributed by atoms with Gasteiger partial charge < -0.3 is 9.84 Å². The van der Waals surface area contributed by atoms with E-state index in [1.807, 2.05) is 0 Å². The van der Waals surface area contributed by atoms with E-state index in [-0.39, 0.29) is 6.10 Å². The Morgan fingerprint density at radius 1 is 1.22 bits per heavy atom. The molecule has 1 saturated heterocycles. The first kappa shape index (κ1) is 13.8. The van der Waals surface area contributed by atoms with E-state index in [0.29, 0.717) is 25.4 Å². The first-order valence-corrected chi connectivity index (χ1v) is 7.28. The molecule has 0 amide bonds. The number of rotatable bonds is 2. The molecule has 0 radical (unpaired) electrons. The summed E-state index contributed by atoms with van der Waals surface area (Å²) in [5.74, 6) is 0.399. The van der Waals surface area contributed by atoms with Crippen LogP contribution < -0.4 is 0 Å². The van der Waals surface area contributed by atoms with Gasteiger partial charge in [-0.25, -0.2) is 0 Å². The van der Waals surface area contributed by atoms with E-state index >= 15 is 0 Å². The number of hydrogen-bond donors (Lipinski definition) is 1. The van der Waals surface area contributed by atoms with Crippen molar-refractivity contribution in [1.29, 1.82) is 5.26 Å². The van der Waals surface area contributed by atoms with Gasteiger partial charge in [0.2, 0.25) is 0 Å². The SMILES string of the molecule is CC(C)C1CC(O)(C2(C#N)CCCCC2)CCO1. The summed E-state index contributed by atoms with van der Waals surface area (Å²) in [7, 11) is 0. The van der Waals surface area contributed by atoms with Gasteiger partial charge in [-0.1, -0.05) is 33.1 Å². The van der Waals surface area contributed by atoms with Crippen LogP contribution in [0.3, 0.4) is 0 Å². The molecule has 1 saturated carbocycles. The molecule has 0 aromatic carbocycles. The highest BCUT2D eigenvalue weighted by atomic mass is 16.5. The van der Waals surface area contributed by atoms with E-state index in [2.05, 4.69) is 19.9 Å². The van der Waals surface area contributed by atoms with Crippen molar-refractivity contribution in [3.05, 3.63) is 0 Å². The maximum Gasteiger partial charge on any atom is 0.0879 e. The highest BCUT2D eigenvalue weighted by Crippen LogP contribution is 2.50. The molecule has 2 fully saturated rings. The molecule has 0 aromatic heterocycles. The van der Waals surface area contributed by atoms with Crippen LogP contribution in [0.5, 0.6) is 0 Å². The van der Waals surface area contributed by atoms with Crippen molar-refractivity contribution in [2.75, 3.05) is 6.61 Å². The van der Waals surface area contributed by atoms with E-state index in [0.717, 1.165) is 25.7 Å². The lowest BCUT2D eigenvalue weighted by Crippen LogP contribution is -2.54. The minimum Gasteiger partial charge on any atom is -0.388 e. The zero-order valence-corrected chi connectivity index (χ0v) is 11.6. The van der Waals surface area contributed by atoms with Gasteiger partial charge in [-0.15, -0.1) is 0 Å². The van der Waals surface area contributed by atoms with E-state index in [4.69, 9.17) is 4.74 Å². The molecule has 3 nitrogen and oxygen atoms in total. The zero-order valence-electron chi connectivity index (χ0n) is 11.6. The van der Waals surface area contributed by atoms with E-state index in [9.17, 15) is 10.4 Å². The van der Waals surface area contributed by atoms with Crippen molar-refractivity contribution in [2.24, 2.45) is 11.3 Å². The smallest absolute Gasteiger partial charge is 0.0879 e. The zero-order chi connectivity index (χ0) is 13.2. The fourth-order valence-corrected chi connectivity index (χ4v) is 3.57. The maximum absolute atomic E-state index is 11.1. The molecule has 102 valence electrons. The Labute approximate surface area is 110 Å². The van der Waals surface area contributed by atoms with Crippen molar-refractivity contribution < 1.29 is 9.84 Å². The molecule has 3 heteroatoms. The summed E-state index contributed by atoms with van der Waals surface area (Å²) in [6.07, 6.45) is 6.38. The molecule has 1 aliphatic heterocycles. The van der Waals surface area contributed by atoms with Crippen molar-refractivity contribution in [3.8, 4) is 6.07 Å². The third-order valence-electron chi connectivity index (χ3n) is 4.94. The molecule has 2 rings (SSSR count). The van der Waals surface area contributed by atoms with Gasteiger partial charge in [0, 0.05) is 19.4 Å². The number of aliphatic hydroxyl groups is 1. The second-order valence-electron chi connectivity index (χ2n) is 6.39. The standard InChI is InChI=1S/C15H25NO2/c1-12(2)13-10-15(17,8-9-18-13)14(11-16)6-4-3-5-7-14/h12-13,17H,3-10H2,1-2H3. The van der Waals surface area contributed by atoms with Gasteiger partial charge in [-0.05, 0) is 18.8 Å². The normalized spacial score (nSPS) is 36.3. The van der Waals surface area contributed by atoms with E-state index < -0.39 is 11.0 Å². The van der Waals surface area contributed by atoms with Gasteiger partial charge in [0.25, 0.3) is 0 Å². The van der Waals surface area contributed by atoms with Gasteiger partial charge in [0.05, 0.1) is 23.2 Å². The fourth-order valence-electron chi connectivity index (χ4n) is 3.57. The van der Waals surface area contributed by atoms with Crippen LogP contribution in [-0.4, -0.2) is 23.4 Å². The van der Waals surface area contributed by atoms with Gasteiger partial charge in [0.1, 0.15) is 0 Å². The molecule has 0 spiro atoms. The van der Waals surface area contributed by atoms with Crippen molar-refractivity contribution in [2.45, 2.75) is 70.5 Å². The second kappa shape index (κ2) is 5.19. The molecular formula is C15H25NO2. The molecule has 0 bridgehead atoms. The summed E-state index contributed by atoms with van der Waals surface area (Å²) in [4.78, 5) is 0. The quantitative estimate of drug-likeness (QED) is 0.820. The lowest BCUT2D eigenvalue weighted by Gasteiger charge is -2.49. The lowest BCUT2D eigenvalue weighted by molar-refractivity contribution is -0.168. The average molecular weight is 251 g/mol. The summed E-state index contributed by atoms with van der Waals surface area (Å²) in [5.41, 5.74) is -1.36. The summed E-state index contributed by atoms with van der Waals surface area (Å²) < 4.78 is 5.75. The van der Waals surface area contributed by atoms with Crippen LogP contribution in [0.15, 0.2) is 0 Å². The Kier molecular flexibility index (Phi) is 3.99. The molecule has 1 heterocycles. The van der Waals surface area contributed by atoms with Crippen LogP contribution in [0, 0.1) is 22.7 Å². The van der Waals surface area contributed by atoms with Gasteiger partial charge >= 0.3 is 0 Å². The van der Waals surface area contributed by atoms with Crippen LogP contribution >= 0.6 is 0 Å². The van der Waals surface area contributed by atoms with Crippen LogP contribution in [-0.2, 0) is 4.74 Å². The fraction of sp³-hybridized carbons (Fsp3) is 0.933. The molecule has 0 aromatic rings. The number of nitriles is 1. The summed E-state index contributed by atoms with van der Waals surface area (Å²) in [5, 5.41) is 20.7. The molecule has 2 aliphatic rings. The third kappa shape index (κ3) is 2.29. The topological polar surface area (TPSA) is 53.2 Å². The largest absolute Gasteiger partial charge is 0.388 e. The molecule has 1 N–H and O–H groups in total. The summed E-state index contributed by atoms with van der Waals surface area (Å²) in [6.45, 7) is 4.83. The number of nitrogens with zero attached hydrogens (tertiary/aromatic N) is 1. The van der Waals surface area contributed by atoms with Crippen LogP contribution in [0.4, 0.5) is 0 Å². The second-order valence-corrected chi connectivity index (χ2v) is 6.39. The molecule has 18 heavy (non-hydrogen) atoms. The van der Waals surface area contributed by atoms with Gasteiger partial charge in [-0.3, -0.25) is 0 Å². The van der Waals surface area contributed by atoms with Crippen LogP contribution in [0.25, 0.3) is 0 Å². The molecule has 2 atom stereocenters. The highest BCUT2D eigenvalue weighted by Gasteiger charge is 2.53. The van der Waals surface area contributed by atoms with E-state index in [1.165, 1.54) is 6.42 Å². The Balaban J connectivity index is 2.20. The summed E-state index contributed by atoms with van der Waals surface area (Å²) in [6, 6.07) is 2.48. The Hall–Kier alpha value is -0.590. The van der Waals surface area contributed by atoms with E-state index in [1.54, 1.807) is 0 Å². The van der Waals surface area contributed by atoms with Gasteiger partial charge in [-0.2, -0.15) is 5.26 Å². The molecule has 2 unspecified atom stereocenters. The summed E-state index contributed by atoms with van der Waals surface area (Å²) >= 11 is 0. The first-order valence-electron chi connectivity index (χ1n) is 7.28. The van der Waals surface area contributed by atoms with Crippen molar-refractivity contribution in [1.82, 2.24) is 0 Å². The van der Waals surface area contributed by atoms with Gasteiger partial charge in [0.15, 0.2) is 0 Å². The highest BCUT2D eigenvalue weighted by molar-refractivity contribution is 5.14. The third-order valence-corrected chi connectivity index (χ3v) is 4.94. The van der Waals surface area contributed by atoms with Crippen LogP contribution in [0.2, 0.25) is 0 Å². The molecular weight excluding hydrogens is 226 g/mol. The van der Waals surface area contributed by atoms with Crippen molar-refractivity contribution >= 4 is 0 Å². The predicted molar refractivity (Wildman–Crippen MR) is 69.9 cm³/mol. The van der Waals surface area contributed by atoms with Crippen LogP contribution in [0.1, 0.15) is 58.8 Å².